The molecule has 1 amide bonds. The molecule has 1 aromatic carbocycles. The number of halogens is 1. The maximum atomic E-state index is 12.7. The molecule has 1 aromatic heterocycles. The molecular weight excluding hydrogens is 271 g/mol. The Bertz CT molecular complexity index is 647. The van der Waals surface area contributed by atoms with Crippen molar-refractivity contribution in [2.75, 3.05) is 6.54 Å². The van der Waals surface area contributed by atoms with Crippen LogP contribution in [0.25, 0.3) is 11.5 Å². The molecule has 2 aromatic rings. The van der Waals surface area contributed by atoms with Gasteiger partial charge in [-0.2, -0.15) is 0 Å². The molecule has 0 atom stereocenters. The molecule has 0 aliphatic carbocycles. The fourth-order valence-corrected chi connectivity index (χ4v) is 1.79. The number of carbonyl (C=O) groups excluding carboxylic acids is 1. The minimum Gasteiger partial charge on any atom is -0.444 e. The fraction of sp³-hybridized carbons (Fsp3) is 0.250. The van der Waals surface area contributed by atoms with E-state index in [1.54, 1.807) is 6.26 Å². The third-order valence-corrected chi connectivity index (χ3v) is 3.16. The number of aromatic nitrogens is 1. The van der Waals surface area contributed by atoms with Gasteiger partial charge in [-0.05, 0) is 12.1 Å². The van der Waals surface area contributed by atoms with Crippen molar-refractivity contribution in [1.29, 1.82) is 0 Å². The first kappa shape index (κ1) is 15.0. The van der Waals surface area contributed by atoms with Gasteiger partial charge in [0.05, 0.1) is 5.69 Å². The van der Waals surface area contributed by atoms with Gasteiger partial charge in [-0.15, -0.1) is 0 Å². The van der Waals surface area contributed by atoms with E-state index >= 15 is 0 Å². The Morgan fingerprint density at radius 1 is 1.38 bits per heavy atom. The van der Waals surface area contributed by atoms with E-state index in [0.717, 1.165) is 5.56 Å². The van der Waals surface area contributed by atoms with Crippen LogP contribution in [0.15, 0.2) is 53.4 Å². The molecule has 1 heterocycles. The SMILES string of the molecule is C=C(F)C(=O)NCC(C)(C)c1coc(-c2ccccc2)n1. The highest BCUT2D eigenvalue weighted by atomic mass is 19.1. The molecule has 110 valence electrons. The van der Waals surface area contributed by atoms with E-state index in [-0.39, 0.29) is 6.54 Å². The molecule has 0 aliphatic rings. The molecule has 0 fully saturated rings. The van der Waals surface area contributed by atoms with Crippen LogP contribution in [0.5, 0.6) is 0 Å². The van der Waals surface area contributed by atoms with E-state index in [2.05, 4.69) is 16.9 Å². The molecule has 21 heavy (non-hydrogen) atoms. The molecular formula is C16H17FN2O2. The number of hydrogen-bond donors (Lipinski definition) is 1. The maximum absolute atomic E-state index is 12.7. The average molecular weight is 288 g/mol. The first-order chi connectivity index (χ1) is 9.90. The zero-order chi connectivity index (χ0) is 15.5. The second-order valence-electron chi connectivity index (χ2n) is 5.38. The van der Waals surface area contributed by atoms with Crippen LogP contribution in [0, 0.1) is 0 Å². The van der Waals surface area contributed by atoms with Gasteiger partial charge in [0.2, 0.25) is 5.89 Å². The molecule has 5 heteroatoms. The van der Waals surface area contributed by atoms with Gasteiger partial charge in [0, 0.05) is 17.5 Å². The highest BCUT2D eigenvalue weighted by Crippen LogP contribution is 2.26. The van der Waals surface area contributed by atoms with E-state index in [0.29, 0.717) is 11.6 Å². The molecule has 0 aliphatic heterocycles. The lowest BCUT2D eigenvalue weighted by Gasteiger charge is -2.21. The van der Waals surface area contributed by atoms with Gasteiger partial charge in [-0.1, -0.05) is 38.6 Å². The lowest BCUT2D eigenvalue weighted by molar-refractivity contribution is -0.119. The maximum Gasteiger partial charge on any atom is 0.279 e. The first-order valence-corrected chi connectivity index (χ1v) is 6.54. The smallest absolute Gasteiger partial charge is 0.279 e. The average Bonchev–Trinajstić information content (AvgIpc) is 2.96. The number of rotatable bonds is 5. The highest BCUT2D eigenvalue weighted by molar-refractivity contribution is 5.90. The van der Waals surface area contributed by atoms with E-state index in [4.69, 9.17) is 4.42 Å². The summed E-state index contributed by atoms with van der Waals surface area (Å²) >= 11 is 0. The Hall–Kier alpha value is -2.43. The molecule has 0 spiro atoms. The molecule has 0 saturated heterocycles. The van der Waals surface area contributed by atoms with Crippen LogP contribution in [0.1, 0.15) is 19.5 Å². The standard InChI is InChI=1S/C16H17FN2O2/c1-11(17)14(20)18-10-16(2,3)13-9-21-15(19-13)12-7-5-4-6-8-12/h4-9H,1,10H2,2-3H3,(H,18,20). The number of carbonyl (C=O) groups is 1. The summed E-state index contributed by atoms with van der Waals surface area (Å²) in [5, 5.41) is 2.47. The van der Waals surface area contributed by atoms with Crippen molar-refractivity contribution in [1.82, 2.24) is 10.3 Å². The number of oxazole rings is 1. The summed E-state index contributed by atoms with van der Waals surface area (Å²) in [5.74, 6) is -1.30. The quantitative estimate of drug-likeness (QED) is 0.859. The Labute approximate surface area is 122 Å². The topological polar surface area (TPSA) is 55.1 Å². The largest absolute Gasteiger partial charge is 0.444 e. The van der Waals surface area contributed by atoms with E-state index in [1.165, 1.54) is 0 Å². The van der Waals surface area contributed by atoms with Crippen molar-refractivity contribution in [2.24, 2.45) is 0 Å². The Kier molecular flexibility index (Phi) is 4.21. The Morgan fingerprint density at radius 2 is 2.05 bits per heavy atom. The summed E-state index contributed by atoms with van der Waals surface area (Å²) in [6, 6.07) is 9.51. The van der Waals surface area contributed by atoms with E-state index in [1.807, 2.05) is 44.2 Å². The third kappa shape index (κ3) is 3.56. The second kappa shape index (κ2) is 5.91. The summed E-state index contributed by atoms with van der Waals surface area (Å²) in [4.78, 5) is 15.7. The van der Waals surface area contributed by atoms with Crippen LogP contribution in [-0.4, -0.2) is 17.4 Å². The van der Waals surface area contributed by atoms with Gasteiger partial charge in [0.25, 0.3) is 5.91 Å². The second-order valence-corrected chi connectivity index (χ2v) is 5.38. The summed E-state index contributed by atoms with van der Waals surface area (Å²) in [6.45, 7) is 6.97. The summed E-state index contributed by atoms with van der Waals surface area (Å²) in [5.41, 5.74) is 1.08. The molecule has 0 bridgehead atoms. The number of hydrogen-bond acceptors (Lipinski definition) is 3. The van der Waals surface area contributed by atoms with Gasteiger partial charge in [-0.3, -0.25) is 4.79 Å². The van der Waals surface area contributed by atoms with E-state index < -0.39 is 17.1 Å². The molecule has 2 rings (SSSR count). The molecule has 0 radical (unpaired) electrons. The Balaban J connectivity index is 2.12. The van der Waals surface area contributed by atoms with Crippen molar-refractivity contribution >= 4 is 5.91 Å². The van der Waals surface area contributed by atoms with Crippen LogP contribution in [0.3, 0.4) is 0 Å². The van der Waals surface area contributed by atoms with Crippen molar-refractivity contribution < 1.29 is 13.6 Å². The van der Waals surface area contributed by atoms with Gasteiger partial charge in [0.15, 0.2) is 5.83 Å². The minimum absolute atomic E-state index is 0.232. The lowest BCUT2D eigenvalue weighted by Crippen LogP contribution is -2.37. The van der Waals surface area contributed by atoms with Gasteiger partial charge >= 0.3 is 0 Å². The molecule has 4 nitrogen and oxygen atoms in total. The number of benzene rings is 1. The third-order valence-electron chi connectivity index (χ3n) is 3.16. The fourth-order valence-electron chi connectivity index (χ4n) is 1.79. The van der Waals surface area contributed by atoms with Crippen LogP contribution in [-0.2, 0) is 10.2 Å². The highest BCUT2D eigenvalue weighted by Gasteiger charge is 2.26. The van der Waals surface area contributed by atoms with Crippen LogP contribution >= 0.6 is 0 Å². The normalized spacial score (nSPS) is 11.2. The van der Waals surface area contributed by atoms with Crippen LogP contribution in [0.2, 0.25) is 0 Å². The first-order valence-electron chi connectivity index (χ1n) is 6.54. The summed E-state index contributed by atoms with van der Waals surface area (Å²) in [6.07, 6.45) is 1.55. The zero-order valence-electron chi connectivity index (χ0n) is 12.0. The lowest BCUT2D eigenvalue weighted by atomic mass is 9.90. The monoisotopic (exact) mass is 288 g/mol. The zero-order valence-corrected chi connectivity index (χ0v) is 12.0. The molecule has 0 saturated carbocycles. The van der Waals surface area contributed by atoms with Crippen LogP contribution < -0.4 is 5.32 Å². The predicted molar refractivity (Wildman–Crippen MR) is 78.2 cm³/mol. The van der Waals surface area contributed by atoms with Gasteiger partial charge in [0.1, 0.15) is 6.26 Å². The number of nitrogens with one attached hydrogen (secondary N) is 1. The van der Waals surface area contributed by atoms with Gasteiger partial charge < -0.3 is 9.73 Å². The van der Waals surface area contributed by atoms with E-state index in [9.17, 15) is 9.18 Å². The number of amides is 1. The predicted octanol–water partition coefficient (Wildman–Crippen LogP) is 3.22. The number of nitrogens with zero attached hydrogens (tertiary/aromatic N) is 1. The summed E-state index contributed by atoms with van der Waals surface area (Å²) in [7, 11) is 0. The van der Waals surface area contributed by atoms with Crippen molar-refractivity contribution in [3.8, 4) is 11.5 Å². The molecule has 0 unspecified atom stereocenters. The van der Waals surface area contributed by atoms with Crippen molar-refractivity contribution in [3.63, 3.8) is 0 Å². The summed E-state index contributed by atoms with van der Waals surface area (Å²) < 4.78 is 18.1. The van der Waals surface area contributed by atoms with Crippen LogP contribution in [0.4, 0.5) is 4.39 Å². The minimum atomic E-state index is -1.00. The van der Waals surface area contributed by atoms with Crippen molar-refractivity contribution in [2.45, 2.75) is 19.3 Å². The van der Waals surface area contributed by atoms with Crippen molar-refractivity contribution in [3.05, 3.63) is 54.7 Å². The molecule has 1 N–H and O–H groups in total. The van der Waals surface area contributed by atoms with Gasteiger partial charge in [-0.25, -0.2) is 9.37 Å². The Morgan fingerprint density at radius 3 is 2.67 bits per heavy atom.